The number of aryl methyl sites for hydroxylation is 1. The maximum absolute atomic E-state index is 13.7. The number of esters is 1. The lowest BCUT2D eigenvalue weighted by molar-refractivity contribution is -0.122. The zero-order valence-electron chi connectivity index (χ0n) is 21.6. The van der Waals surface area contributed by atoms with Crippen molar-refractivity contribution in [3.63, 3.8) is 0 Å². The number of rotatable bonds is 7. The summed E-state index contributed by atoms with van der Waals surface area (Å²) in [6.07, 6.45) is 0.0484. The number of nitrogens with zero attached hydrogens (tertiary/aromatic N) is 3. The number of thiophene rings is 1. The molecule has 39 heavy (non-hydrogen) atoms. The first-order valence-corrected chi connectivity index (χ1v) is 13.2. The number of amides is 2. The average Bonchev–Trinajstić information content (AvgIpc) is 3.53. The smallest absolute Gasteiger partial charge is 0.359 e. The molecule has 4 aromatic rings. The van der Waals surface area contributed by atoms with Gasteiger partial charge >= 0.3 is 5.97 Å². The first-order chi connectivity index (χ1) is 18.8. The van der Waals surface area contributed by atoms with Gasteiger partial charge in [0.1, 0.15) is 10.8 Å². The Hall–Kier alpha value is -4.51. The van der Waals surface area contributed by atoms with E-state index in [0.29, 0.717) is 11.4 Å². The van der Waals surface area contributed by atoms with Gasteiger partial charge in [-0.1, -0.05) is 18.2 Å². The number of aromatic nitrogens is 2. The molecule has 1 aliphatic heterocycles. The zero-order valence-corrected chi connectivity index (χ0v) is 22.4. The third kappa shape index (κ3) is 5.00. The van der Waals surface area contributed by atoms with Crippen molar-refractivity contribution in [2.45, 2.75) is 20.3 Å². The molecular weight excluding hydrogens is 520 g/mol. The van der Waals surface area contributed by atoms with Crippen LogP contribution < -0.4 is 20.5 Å². The minimum atomic E-state index is -0.690. The van der Waals surface area contributed by atoms with Gasteiger partial charge in [-0.25, -0.2) is 4.79 Å². The SMILES string of the molecule is CCOC(=O)c1nn(-c2cccc(OC)c2)c(=O)c2c(NC(=O)C3CC(=O)N(c4cccc(C)c4)C3)scc12. The lowest BCUT2D eigenvalue weighted by atomic mass is 10.1. The number of carbonyl (C=O) groups excluding carboxylic acids is 3. The molecule has 2 aromatic heterocycles. The summed E-state index contributed by atoms with van der Waals surface area (Å²) in [6.45, 7) is 3.96. The van der Waals surface area contributed by atoms with Crippen molar-refractivity contribution in [3.05, 3.63) is 75.5 Å². The number of fused-ring (bicyclic) bond motifs is 1. The molecule has 0 spiro atoms. The number of hydrogen-bond acceptors (Lipinski definition) is 8. The van der Waals surface area contributed by atoms with E-state index in [9.17, 15) is 19.2 Å². The van der Waals surface area contributed by atoms with Crippen LogP contribution in [0.15, 0.2) is 58.7 Å². The minimum absolute atomic E-state index is 0.0484. The Balaban J connectivity index is 1.51. The fourth-order valence-corrected chi connectivity index (χ4v) is 5.49. The second-order valence-electron chi connectivity index (χ2n) is 9.07. The van der Waals surface area contributed by atoms with Gasteiger partial charge in [-0.2, -0.15) is 9.78 Å². The van der Waals surface area contributed by atoms with Gasteiger partial charge in [-0.15, -0.1) is 11.3 Å². The van der Waals surface area contributed by atoms with Gasteiger partial charge in [0.05, 0.1) is 30.7 Å². The van der Waals surface area contributed by atoms with E-state index in [0.717, 1.165) is 27.3 Å². The van der Waals surface area contributed by atoms with Crippen LogP contribution in [0.25, 0.3) is 16.5 Å². The molecule has 1 fully saturated rings. The van der Waals surface area contributed by atoms with E-state index in [4.69, 9.17) is 9.47 Å². The number of carbonyl (C=O) groups is 3. The van der Waals surface area contributed by atoms with Crippen molar-refractivity contribution >= 4 is 50.6 Å². The second-order valence-corrected chi connectivity index (χ2v) is 9.95. The number of ether oxygens (including phenoxy) is 2. The normalized spacial score (nSPS) is 15.0. The molecule has 1 N–H and O–H groups in total. The van der Waals surface area contributed by atoms with Crippen LogP contribution in [-0.2, 0) is 14.3 Å². The van der Waals surface area contributed by atoms with Crippen molar-refractivity contribution in [1.82, 2.24) is 9.78 Å². The van der Waals surface area contributed by atoms with Crippen molar-refractivity contribution in [3.8, 4) is 11.4 Å². The van der Waals surface area contributed by atoms with Crippen LogP contribution in [0.2, 0.25) is 0 Å². The summed E-state index contributed by atoms with van der Waals surface area (Å²) in [5.74, 6) is -1.33. The molecule has 5 rings (SSSR count). The lowest BCUT2D eigenvalue weighted by Crippen LogP contribution is -2.29. The maximum Gasteiger partial charge on any atom is 0.359 e. The van der Waals surface area contributed by atoms with Gasteiger partial charge in [-0.05, 0) is 43.7 Å². The highest BCUT2D eigenvalue weighted by atomic mass is 32.1. The first kappa shape index (κ1) is 26.1. The highest BCUT2D eigenvalue weighted by Gasteiger charge is 2.36. The Bertz CT molecular complexity index is 1660. The standard InChI is InChI=1S/C28H26N4O6S/c1-4-38-28(36)24-21-15-39-26(23(21)27(35)32(30-24)19-9-6-10-20(13-19)37-3)29-25(34)17-12-22(33)31(14-17)18-8-5-7-16(2)11-18/h5-11,13,15,17H,4,12,14H2,1-3H3,(H,29,34). The number of benzene rings is 2. The van der Waals surface area contributed by atoms with Crippen LogP contribution in [0.5, 0.6) is 5.75 Å². The van der Waals surface area contributed by atoms with Gasteiger partial charge in [0.2, 0.25) is 11.8 Å². The molecule has 1 atom stereocenters. The van der Waals surface area contributed by atoms with E-state index >= 15 is 0 Å². The maximum atomic E-state index is 13.7. The third-order valence-electron chi connectivity index (χ3n) is 6.46. The molecule has 2 aromatic carbocycles. The van der Waals surface area contributed by atoms with E-state index < -0.39 is 17.4 Å². The molecule has 3 heterocycles. The summed E-state index contributed by atoms with van der Waals surface area (Å²) < 4.78 is 11.6. The molecule has 1 saturated heterocycles. The summed E-state index contributed by atoms with van der Waals surface area (Å²) in [6, 6.07) is 14.2. The van der Waals surface area contributed by atoms with Gasteiger partial charge in [-0.3, -0.25) is 14.4 Å². The van der Waals surface area contributed by atoms with Crippen LogP contribution in [0.1, 0.15) is 29.4 Å². The molecule has 1 unspecified atom stereocenters. The summed E-state index contributed by atoms with van der Waals surface area (Å²) in [5, 5.41) is 9.43. The molecule has 2 amide bonds. The Kier molecular flexibility index (Phi) is 7.16. The van der Waals surface area contributed by atoms with E-state index in [2.05, 4.69) is 10.4 Å². The summed E-state index contributed by atoms with van der Waals surface area (Å²) in [5.41, 5.74) is 1.56. The Labute approximate surface area is 227 Å². The minimum Gasteiger partial charge on any atom is -0.497 e. The van der Waals surface area contributed by atoms with Crippen LogP contribution >= 0.6 is 11.3 Å². The molecule has 11 heteroatoms. The zero-order chi connectivity index (χ0) is 27.7. The van der Waals surface area contributed by atoms with Gasteiger partial charge < -0.3 is 19.7 Å². The fourth-order valence-electron chi connectivity index (χ4n) is 4.55. The van der Waals surface area contributed by atoms with Crippen molar-refractivity contribution < 1.29 is 23.9 Å². The van der Waals surface area contributed by atoms with Crippen molar-refractivity contribution in [2.75, 3.05) is 30.5 Å². The summed E-state index contributed by atoms with van der Waals surface area (Å²) in [7, 11) is 1.50. The fraction of sp³-hybridized carbons (Fsp3) is 0.250. The highest BCUT2D eigenvalue weighted by Crippen LogP contribution is 2.33. The molecule has 200 valence electrons. The lowest BCUT2D eigenvalue weighted by Gasteiger charge is -2.17. The van der Waals surface area contributed by atoms with Crippen molar-refractivity contribution in [1.29, 1.82) is 0 Å². The Morgan fingerprint density at radius 3 is 2.64 bits per heavy atom. The molecule has 0 saturated carbocycles. The average molecular weight is 547 g/mol. The number of hydrogen-bond donors (Lipinski definition) is 1. The molecule has 1 aliphatic rings. The molecule has 0 aliphatic carbocycles. The molecule has 0 bridgehead atoms. The molecule has 10 nitrogen and oxygen atoms in total. The van der Waals surface area contributed by atoms with Crippen LogP contribution in [0.3, 0.4) is 0 Å². The predicted octanol–water partition coefficient (Wildman–Crippen LogP) is 3.93. The van der Waals surface area contributed by atoms with E-state index in [1.165, 1.54) is 7.11 Å². The van der Waals surface area contributed by atoms with Crippen molar-refractivity contribution in [2.24, 2.45) is 5.92 Å². The topological polar surface area (TPSA) is 120 Å². The summed E-state index contributed by atoms with van der Waals surface area (Å²) >= 11 is 1.11. The number of methoxy groups -OCH3 is 1. The predicted molar refractivity (Wildman–Crippen MR) is 148 cm³/mol. The van der Waals surface area contributed by atoms with Gasteiger partial charge in [0.25, 0.3) is 5.56 Å². The van der Waals surface area contributed by atoms with Crippen LogP contribution in [0, 0.1) is 12.8 Å². The van der Waals surface area contributed by atoms with E-state index in [1.807, 2.05) is 31.2 Å². The monoisotopic (exact) mass is 546 g/mol. The Morgan fingerprint density at radius 2 is 1.90 bits per heavy atom. The summed E-state index contributed by atoms with van der Waals surface area (Å²) in [4.78, 5) is 54.1. The second kappa shape index (κ2) is 10.7. The third-order valence-corrected chi connectivity index (χ3v) is 7.36. The van der Waals surface area contributed by atoms with Gasteiger partial charge in [0, 0.05) is 35.5 Å². The van der Waals surface area contributed by atoms with Gasteiger partial charge in [0.15, 0.2) is 5.69 Å². The van der Waals surface area contributed by atoms with Crippen LogP contribution in [-0.4, -0.2) is 47.8 Å². The van der Waals surface area contributed by atoms with E-state index in [1.54, 1.807) is 41.5 Å². The Morgan fingerprint density at radius 1 is 1.13 bits per heavy atom. The number of anilines is 2. The van der Waals surface area contributed by atoms with E-state index in [-0.39, 0.29) is 52.9 Å². The molecule has 0 radical (unpaired) electrons. The largest absolute Gasteiger partial charge is 0.497 e. The number of nitrogens with one attached hydrogen (secondary N) is 1. The highest BCUT2D eigenvalue weighted by molar-refractivity contribution is 7.16. The molecular formula is C28H26N4O6S. The van der Waals surface area contributed by atoms with Crippen LogP contribution in [0.4, 0.5) is 10.7 Å². The quantitative estimate of drug-likeness (QED) is 0.349. The first-order valence-electron chi connectivity index (χ1n) is 12.3.